The first kappa shape index (κ1) is 19.1. The van der Waals surface area contributed by atoms with Gasteiger partial charge in [0.05, 0.1) is 11.5 Å². The van der Waals surface area contributed by atoms with E-state index in [1.807, 2.05) is 47.8 Å². The van der Waals surface area contributed by atoms with Gasteiger partial charge in [-0.05, 0) is 35.6 Å². The third-order valence-electron chi connectivity index (χ3n) is 4.12. The van der Waals surface area contributed by atoms with Gasteiger partial charge in [0, 0.05) is 23.1 Å². The number of amides is 1. The highest BCUT2D eigenvalue weighted by molar-refractivity contribution is 7.09. The molecule has 5 nitrogen and oxygen atoms in total. The molecule has 0 N–H and O–H groups in total. The summed E-state index contributed by atoms with van der Waals surface area (Å²) < 4.78 is 0. The SMILES string of the molecule is O=C(c1ccc(Cl)c([N+](=O)[O-])c1)N(CCc1ccccc1)Cc1cccs1. The maximum absolute atomic E-state index is 13.0. The number of hydrogen-bond donors (Lipinski definition) is 0. The number of thiophene rings is 1. The molecule has 0 bridgehead atoms. The van der Waals surface area contributed by atoms with E-state index < -0.39 is 4.92 Å². The van der Waals surface area contributed by atoms with Crippen LogP contribution in [0.5, 0.6) is 0 Å². The molecular formula is C20H17ClN2O3S. The average molecular weight is 401 g/mol. The predicted octanol–water partition coefficient (Wildman–Crippen LogP) is 5.19. The van der Waals surface area contributed by atoms with Crippen molar-refractivity contribution >= 4 is 34.5 Å². The van der Waals surface area contributed by atoms with Gasteiger partial charge in [0.1, 0.15) is 5.02 Å². The lowest BCUT2D eigenvalue weighted by Crippen LogP contribution is -2.32. The average Bonchev–Trinajstić information content (AvgIpc) is 3.18. The molecule has 7 heteroatoms. The summed E-state index contributed by atoms with van der Waals surface area (Å²) in [5.74, 6) is -0.251. The fourth-order valence-corrected chi connectivity index (χ4v) is 3.63. The summed E-state index contributed by atoms with van der Waals surface area (Å²) in [4.78, 5) is 26.4. The van der Waals surface area contributed by atoms with Crippen LogP contribution in [-0.2, 0) is 13.0 Å². The molecule has 0 aliphatic heterocycles. The summed E-state index contributed by atoms with van der Waals surface area (Å²) in [7, 11) is 0. The van der Waals surface area contributed by atoms with Crippen LogP contribution in [0.4, 0.5) is 5.69 Å². The van der Waals surface area contributed by atoms with Crippen molar-refractivity contribution in [3.63, 3.8) is 0 Å². The van der Waals surface area contributed by atoms with Crippen molar-refractivity contribution in [2.24, 2.45) is 0 Å². The zero-order valence-corrected chi connectivity index (χ0v) is 15.9. The van der Waals surface area contributed by atoms with Gasteiger partial charge in [0.25, 0.3) is 11.6 Å². The minimum atomic E-state index is -0.577. The number of nitro benzene ring substituents is 1. The smallest absolute Gasteiger partial charge is 0.288 e. The summed E-state index contributed by atoms with van der Waals surface area (Å²) in [5, 5.41) is 13.1. The van der Waals surface area contributed by atoms with Crippen molar-refractivity contribution in [1.29, 1.82) is 0 Å². The molecule has 0 saturated heterocycles. The van der Waals surface area contributed by atoms with Crippen LogP contribution in [0.15, 0.2) is 66.0 Å². The first-order valence-corrected chi connectivity index (χ1v) is 9.60. The summed E-state index contributed by atoms with van der Waals surface area (Å²) in [6.07, 6.45) is 0.702. The molecule has 1 aromatic heterocycles. The largest absolute Gasteiger partial charge is 0.333 e. The Hall–Kier alpha value is -2.70. The molecule has 0 saturated carbocycles. The van der Waals surface area contributed by atoms with Crippen LogP contribution < -0.4 is 0 Å². The summed E-state index contributed by atoms with van der Waals surface area (Å²) in [6.45, 7) is 0.969. The van der Waals surface area contributed by atoms with Crippen LogP contribution in [-0.4, -0.2) is 22.3 Å². The molecule has 2 aromatic carbocycles. The van der Waals surface area contributed by atoms with Gasteiger partial charge in [-0.3, -0.25) is 14.9 Å². The third kappa shape index (κ3) is 4.93. The Morgan fingerprint density at radius 2 is 1.89 bits per heavy atom. The van der Waals surface area contributed by atoms with Crippen LogP contribution in [0.3, 0.4) is 0 Å². The number of benzene rings is 2. The van der Waals surface area contributed by atoms with Crippen LogP contribution in [0.1, 0.15) is 20.8 Å². The van der Waals surface area contributed by atoms with E-state index in [2.05, 4.69) is 0 Å². The molecule has 3 aromatic rings. The molecule has 0 atom stereocenters. The number of nitro groups is 1. The van der Waals surface area contributed by atoms with E-state index in [-0.39, 0.29) is 22.2 Å². The van der Waals surface area contributed by atoms with E-state index in [4.69, 9.17) is 11.6 Å². The van der Waals surface area contributed by atoms with E-state index in [0.29, 0.717) is 19.5 Å². The molecule has 1 heterocycles. The van der Waals surface area contributed by atoms with Gasteiger partial charge < -0.3 is 4.90 Å². The maximum atomic E-state index is 13.0. The van der Waals surface area contributed by atoms with Crippen molar-refractivity contribution < 1.29 is 9.72 Å². The second kappa shape index (κ2) is 8.79. The molecule has 0 aliphatic rings. The van der Waals surface area contributed by atoms with Crippen molar-refractivity contribution in [3.05, 3.63) is 97.2 Å². The minimum Gasteiger partial charge on any atom is -0.333 e. The van der Waals surface area contributed by atoms with E-state index in [1.165, 1.54) is 18.2 Å². The Kier molecular flexibility index (Phi) is 6.21. The molecule has 0 fully saturated rings. The fourth-order valence-electron chi connectivity index (χ4n) is 2.72. The molecule has 27 heavy (non-hydrogen) atoms. The van der Waals surface area contributed by atoms with Crippen molar-refractivity contribution in [2.75, 3.05) is 6.54 Å². The third-order valence-corrected chi connectivity index (χ3v) is 5.30. The lowest BCUT2D eigenvalue weighted by Gasteiger charge is -2.22. The van der Waals surface area contributed by atoms with Crippen LogP contribution in [0.2, 0.25) is 5.02 Å². The van der Waals surface area contributed by atoms with E-state index >= 15 is 0 Å². The molecule has 1 amide bonds. The first-order chi connectivity index (χ1) is 13.0. The minimum absolute atomic E-state index is 0.0191. The van der Waals surface area contributed by atoms with Gasteiger partial charge in [-0.15, -0.1) is 11.3 Å². The highest BCUT2D eigenvalue weighted by atomic mass is 35.5. The van der Waals surface area contributed by atoms with Gasteiger partial charge >= 0.3 is 0 Å². The van der Waals surface area contributed by atoms with Gasteiger partial charge in [0.15, 0.2) is 0 Å². The maximum Gasteiger partial charge on any atom is 0.288 e. The normalized spacial score (nSPS) is 10.6. The number of carbonyl (C=O) groups is 1. The molecule has 0 spiro atoms. The monoisotopic (exact) mass is 400 g/mol. The first-order valence-electron chi connectivity index (χ1n) is 8.34. The van der Waals surface area contributed by atoms with E-state index in [1.54, 1.807) is 16.2 Å². The van der Waals surface area contributed by atoms with Gasteiger partial charge in [-0.2, -0.15) is 0 Å². The predicted molar refractivity (Wildman–Crippen MR) is 107 cm³/mol. The fraction of sp³-hybridized carbons (Fsp3) is 0.150. The van der Waals surface area contributed by atoms with Crippen LogP contribution >= 0.6 is 22.9 Å². The van der Waals surface area contributed by atoms with Gasteiger partial charge in [0.2, 0.25) is 0 Å². The van der Waals surface area contributed by atoms with Crippen molar-refractivity contribution in [1.82, 2.24) is 4.90 Å². The van der Waals surface area contributed by atoms with Crippen LogP contribution in [0.25, 0.3) is 0 Å². The molecule has 3 rings (SSSR count). The van der Waals surface area contributed by atoms with E-state index in [0.717, 1.165) is 10.4 Å². The quantitative estimate of drug-likeness (QED) is 0.404. The Morgan fingerprint density at radius 1 is 1.11 bits per heavy atom. The standard InChI is InChI=1S/C20H17ClN2O3S/c21-18-9-8-16(13-19(18)23(25)26)20(24)22(14-17-7-4-12-27-17)11-10-15-5-2-1-3-6-15/h1-9,12-13H,10-11,14H2. The zero-order valence-electron chi connectivity index (χ0n) is 14.4. The number of nitrogens with zero attached hydrogens (tertiary/aromatic N) is 2. The number of carbonyl (C=O) groups excluding carboxylic acids is 1. The lowest BCUT2D eigenvalue weighted by atomic mass is 10.1. The summed E-state index contributed by atoms with van der Waals surface area (Å²) in [6, 6.07) is 18.0. The number of rotatable bonds is 7. The molecule has 0 aliphatic carbocycles. The topological polar surface area (TPSA) is 63.4 Å². The summed E-state index contributed by atoms with van der Waals surface area (Å²) >= 11 is 7.44. The van der Waals surface area contributed by atoms with E-state index in [9.17, 15) is 14.9 Å². The molecule has 138 valence electrons. The zero-order chi connectivity index (χ0) is 19.2. The van der Waals surface area contributed by atoms with Crippen molar-refractivity contribution in [2.45, 2.75) is 13.0 Å². The number of halogens is 1. The Bertz CT molecular complexity index is 930. The van der Waals surface area contributed by atoms with Crippen molar-refractivity contribution in [3.8, 4) is 0 Å². The second-order valence-corrected chi connectivity index (χ2v) is 7.40. The second-order valence-electron chi connectivity index (χ2n) is 5.96. The highest BCUT2D eigenvalue weighted by Gasteiger charge is 2.21. The van der Waals surface area contributed by atoms with Crippen LogP contribution in [0, 0.1) is 10.1 Å². The molecule has 0 radical (unpaired) electrons. The Labute approximate surface area is 166 Å². The lowest BCUT2D eigenvalue weighted by molar-refractivity contribution is -0.384. The Balaban J connectivity index is 1.83. The van der Waals surface area contributed by atoms with Gasteiger partial charge in [-0.25, -0.2) is 0 Å². The number of hydrogen-bond acceptors (Lipinski definition) is 4. The Morgan fingerprint density at radius 3 is 2.56 bits per heavy atom. The van der Waals surface area contributed by atoms with Gasteiger partial charge in [-0.1, -0.05) is 48.0 Å². The highest BCUT2D eigenvalue weighted by Crippen LogP contribution is 2.26. The molecular weight excluding hydrogens is 384 g/mol. The summed E-state index contributed by atoms with van der Waals surface area (Å²) in [5.41, 5.74) is 1.13. The molecule has 0 unspecified atom stereocenters.